The van der Waals surface area contributed by atoms with Crippen molar-refractivity contribution in [1.82, 2.24) is 0 Å². The van der Waals surface area contributed by atoms with Crippen molar-refractivity contribution < 1.29 is 22.7 Å². The molecular formula is C22H20BrClN2O5S. The summed E-state index contributed by atoms with van der Waals surface area (Å²) >= 11 is 9.42. The van der Waals surface area contributed by atoms with Gasteiger partial charge in [0.2, 0.25) is 15.9 Å². The fourth-order valence-corrected chi connectivity index (χ4v) is 4.13. The molecule has 3 rings (SSSR count). The fourth-order valence-electron chi connectivity index (χ4n) is 2.84. The Labute approximate surface area is 200 Å². The van der Waals surface area contributed by atoms with Crippen molar-refractivity contribution in [2.24, 2.45) is 0 Å². The standard InChI is InChI=1S/C22H20BrClN2O5S/c1-30-20-5-3-4-6-21(20)31-19-12-9-16(24)13-18(19)25-22(27)14-26(32(2,28)29)17-10-7-15(23)8-11-17/h3-13H,14H2,1-2H3,(H,25,27). The monoisotopic (exact) mass is 538 g/mol. The predicted molar refractivity (Wildman–Crippen MR) is 129 cm³/mol. The molecule has 10 heteroatoms. The smallest absolute Gasteiger partial charge is 0.245 e. The third-order valence-corrected chi connectivity index (χ3v) is 6.21. The number of carbonyl (C=O) groups is 1. The number of para-hydroxylation sites is 2. The lowest BCUT2D eigenvalue weighted by molar-refractivity contribution is -0.114. The molecule has 0 aromatic heterocycles. The number of ether oxygens (including phenoxy) is 2. The summed E-state index contributed by atoms with van der Waals surface area (Å²) in [7, 11) is -2.19. The van der Waals surface area contributed by atoms with Crippen LogP contribution in [0.1, 0.15) is 0 Å². The Kier molecular flexibility index (Phi) is 7.65. The van der Waals surface area contributed by atoms with Crippen LogP contribution in [0.3, 0.4) is 0 Å². The van der Waals surface area contributed by atoms with Gasteiger partial charge in [-0.2, -0.15) is 0 Å². The van der Waals surface area contributed by atoms with Crippen LogP contribution in [-0.2, 0) is 14.8 Å². The normalized spacial score (nSPS) is 11.0. The summed E-state index contributed by atoms with van der Waals surface area (Å²) in [6.45, 7) is -0.429. The van der Waals surface area contributed by atoms with Gasteiger partial charge in [0.15, 0.2) is 17.2 Å². The maximum Gasteiger partial charge on any atom is 0.245 e. The number of amides is 1. The first kappa shape index (κ1) is 23.9. The summed E-state index contributed by atoms with van der Waals surface area (Å²) < 4.78 is 37.6. The van der Waals surface area contributed by atoms with Crippen LogP contribution >= 0.6 is 27.5 Å². The summed E-state index contributed by atoms with van der Waals surface area (Å²) in [4.78, 5) is 12.8. The van der Waals surface area contributed by atoms with E-state index in [1.165, 1.54) is 13.2 Å². The van der Waals surface area contributed by atoms with Crippen molar-refractivity contribution in [3.63, 3.8) is 0 Å². The van der Waals surface area contributed by atoms with Gasteiger partial charge in [0.25, 0.3) is 0 Å². The van der Waals surface area contributed by atoms with E-state index >= 15 is 0 Å². The Morgan fingerprint density at radius 1 is 1.03 bits per heavy atom. The van der Waals surface area contributed by atoms with E-state index < -0.39 is 22.5 Å². The first-order chi connectivity index (χ1) is 15.2. The van der Waals surface area contributed by atoms with Crippen molar-refractivity contribution in [3.05, 3.63) is 76.2 Å². The molecular weight excluding hydrogens is 520 g/mol. The largest absolute Gasteiger partial charge is 0.493 e. The van der Waals surface area contributed by atoms with Gasteiger partial charge in [-0.25, -0.2) is 8.42 Å². The SMILES string of the molecule is COc1ccccc1Oc1ccc(Cl)cc1NC(=O)CN(c1ccc(Br)cc1)S(C)(=O)=O. The van der Waals surface area contributed by atoms with E-state index in [9.17, 15) is 13.2 Å². The van der Waals surface area contributed by atoms with Gasteiger partial charge in [-0.15, -0.1) is 0 Å². The summed E-state index contributed by atoms with van der Waals surface area (Å²) in [6, 6.07) is 18.4. The van der Waals surface area contributed by atoms with E-state index in [4.69, 9.17) is 21.1 Å². The van der Waals surface area contributed by atoms with E-state index in [2.05, 4.69) is 21.2 Å². The molecule has 0 spiro atoms. The van der Waals surface area contributed by atoms with Gasteiger partial charge in [0.1, 0.15) is 6.54 Å². The molecule has 0 atom stereocenters. The molecule has 0 aliphatic rings. The second-order valence-corrected chi connectivity index (χ2v) is 9.95. The number of nitrogens with one attached hydrogen (secondary N) is 1. The highest BCUT2D eigenvalue weighted by Crippen LogP contribution is 2.36. The number of rotatable bonds is 8. The number of hydrogen-bond donors (Lipinski definition) is 1. The second kappa shape index (κ2) is 10.2. The van der Waals surface area contributed by atoms with Crippen molar-refractivity contribution in [3.8, 4) is 17.2 Å². The third kappa shape index (κ3) is 6.15. The van der Waals surface area contributed by atoms with Crippen LogP contribution in [0.15, 0.2) is 71.2 Å². The minimum absolute atomic E-state index is 0.290. The Hall–Kier alpha value is -2.75. The Bertz CT molecular complexity index is 1220. The molecule has 0 radical (unpaired) electrons. The van der Waals surface area contributed by atoms with Crippen molar-refractivity contribution >= 4 is 54.8 Å². The zero-order valence-electron chi connectivity index (χ0n) is 17.2. The summed E-state index contributed by atoms with van der Waals surface area (Å²) in [5.41, 5.74) is 0.653. The van der Waals surface area contributed by atoms with Crippen LogP contribution in [-0.4, -0.2) is 34.2 Å². The van der Waals surface area contributed by atoms with E-state index in [1.54, 1.807) is 60.7 Å². The predicted octanol–water partition coefficient (Wildman–Crippen LogP) is 5.31. The molecule has 0 aliphatic carbocycles. The van der Waals surface area contributed by atoms with E-state index in [0.29, 0.717) is 28.0 Å². The van der Waals surface area contributed by atoms with Crippen LogP contribution in [0.25, 0.3) is 0 Å². The van der Waals surface area contributed by atoms with Crippen molar-refractivity contribution in [2.75, 3.05) is 29.5 Å². The molecule has 3 aromatic rings. The van der Waals surface area contributed by atoms with Gasteiger partial charge >= 0.3 is 0 Å². The number of nitrogens with zero attached hydrogens (tertiary/aromatic N) is 1. The lowest BCUT2D eigenvalue weighted by Gasteiger charge is -2.22. The first-order valence-electron chi connectivity index (χ1n) is 9.31. The van der Waals surface area contributed by atoms with Crippen molar-refractivity contribution in [1.29, 1.82) is 0 Å². The number of benzene rings is 3. The Balaban J connectivity index is 1.85. The van der Waals surface area contributed by atoms with Gasteiger partial charge in [0.05, 0.1) is 24.7 Å². The fraction of sp³-hybridized carbons (Fsp3) is 0.136. The van der Waals surface area contributed by atoms with Gasteiger partial charge in [-0.3, -0.25) is 9.10 Å². The lowest BCUT2D eigenvalue weighted by atomic mass is 10.2. The molecule has 0 heterocycles. The number of anilines is 2. The Morgan fingerprint density at radius 3 is 2.31 bits per heavy atom. The number of carbonyl (C=O) groups excluding carboxylic acids is 1. The maximum atomic E-state index is 12.8. The molecule has 0 aliphatic heterocycles. The molecule has 7 nitrogen and oxygen atoms in total. The summed E-state index contributed by atoms with van der Waals surface area (Å²) in [6.07, 6.45) is 1.04. The van der Waals surface area contributed by atoms with Gasteiger partial charge < -0.3 is 14.8 Å². The number of methoxy groups -OCH3 is 1. The zero-order valence-corrected chi connectivity index (χ0v) is 20.4. The van der Waals surface area contributed by atoms with E-state index in [1.807, 2.05) is 0 Å². The minimum Gasteiger partial charge on any atom is -0.493 e. The molecule has 0 saturated heterocycles. The van der Waals surface area contributed by atoms with Crippen LogP contribution < -0.4 is 19.1 Å². The van der Waals surface area contributed by atoms with Crippen LogP contribution in [0, 0.1) is 0 Å². The second-order valence-electron chi connectivity index (χ2n) is 6.69. The van der Waals surface area contributed by atoms with E-state index in [0.717, 1.165) is 15.0 Å². The average molecular weight is 540 g/mol. The minimum atomic E-state index is -3.71. The first-order valence-corrected chi connectivity index (χ1v) is 12.3. The van der Waals surface area contributed by atoms with Crippen LogP contribution in [0.4, 0.5) is 11.4 Å². The highest BCUT2D eigenvalue weighted by Gasteiger charge is 2.22. The highest BCUT2D eigenvalue weighted by molar-refractivity contribution is 9.10. The van der Waals surface area contributed by atoms with Gasteiger partial charge in [0, 0.05) is 9.50 Å². The molecule has 3 aromatic carbocycles. The molecule has 0 fully saturated rings. The number of hydrogen-bond acceptors (Lipinski definition) is 5. The summed E-state index contributed by atoms with van der Waals surface area (Å²) in [5.74, 6) is 0.714. The molecule has 1 N–H and O–H groups in total. The topological polar surface area (TPSA) is 84.9 Å². The maximum absolute atomic E-state index is 12.8. The van der Waals surface area contributed by atoms with Crippen LogP contribution in [0.5, 0.6) is 17.2 Å². The quantitative estimate of drug-likeness (QED) is 0.419. The van der Waals surface area contributed by atoms with Gasteiger partial charge in [-0.1, -0.05) is 39.7 Å². The zero-order chi connectivity index (χ0) is 23.3. The Morgan fingerprint density at radius 2 is 1.69 bits per heavy atom. The molecule has 1 amide bonds. The van der Waals surface area contributed by atoms with Crippen LogP contribution in [0.2, 0.25) is 5.02 Å². The third-order valence-electron chi connectivity index (χ3n) is 4.31. The highest BCUT2D eigenvalue weighted by atomic mass is 79.9. The summed E-state index contributed by atoms with van der Waals surface area (Å²) in [5, 5.41) is 3.06. The molecule has 168 valence electrons. The van der Waals surface area contributed by atoms with Crippen molar-refractivity contribution in [2.45, 2.75) is 0 Å². The number of halogens is 2. The molecule has 0 bridgehead atoms. The van der Waals surface area contributed by atoms with E-state index in [-0.39, 0.29) is 5.69 Å². The lowest BCUT2D eigenvalue weighted by Crippen LogP contribution is -2.37. The molecule has 0 saturated carbocycles. The number of sulfonamides is 1. The average Bonchev–Trinajstić information content (AvgIpc) is 2.74. The molecule has 0 unspecified atom stereocenters. The van der Waals surface area contributed by atoms with Gasteiger partial charge in [-0.05, 0) is 54.6 Å². The molecule has 32 heavy (non-hydrogen) atoms.